The molecule has 0 spiro atoms. The predicted octanol–water partition coefficient (Wildman–Crippen LogP) is 7.10. The summed E-state index contributed by atoms with van der Waals surface area (Å²) in [5, 5.41) is 33.0. The van der Waals surface area contributed by atoms with Gasteiger partial charge in [0, 0.05) is 31.6 Å². The van der Waals surface area contributed by atoms with Crippen LogP contribution in [0.3, 0.4) is 0 Å². The van der Waals surface area contributed by atoms with E-state index in [0.717, 1.165) is 66.7 Å². The third-order valence-corrected chi connectivity index (χ3v) is 11.0. The number of aliphatic hydroxyl groups is 2. The number of likely N-dealkylation sites (tertiary alicyclic amines) is 2. The van der Waals surface area contributed by atoms with Crippen molar-refractivity contribution in [1.82, 2.24) is 9.80 Å². The molecule has 2 amide bonds. The van der Waals surface area contributed by atoms with Crippen molar-refractivity contribution in [2.45, 2.75) is 70.6 Å². The fraction of sp³-hybridized carbons (Fsp3) is 0.415. The molecule has 2 saturated heterocycles. The number of phenolic OH excluding ortho intramolecular Hbond substituents is 1. The van der Waals surface area contributed by atoms with Crippen molar-refractivity contribution >= 4 is 35.1 Å². The second kappa shape index (κ2) is 15.9. The van der Waals surface area contributed by atoms with Crippen LogP contribution in [0.2, 0.25) is 5.02 Å². The Labute approximate surface area is 294 Å². The van der Waals surface area contributed by atoms with Crippen LogP contribution in [-0.2, 0) is 16.1 Å². The van der Waals surface area contributed by atoms with Gasteiger partial charge in [-0.2, -0.15) is 0 Å². The van der Waals surface area contributed by atoms with Gasteiger partial charge in [-0.05, 0) is 90.6 Å². The molecule has 0 saturated carbocycles. The number of imide groups is 1. The van der Waals surface area contributed by atoms with Gasteiger partial charge in [-0.25, -0.2) is 0 Å². The Bertz CT molecular complexity index is 1680. The van der Waals surface area contributed by atoms with Crippen molar-refractivity contribution in [3.63, 3.8) is 0 Å². The highest BCUT2D eigenvalue weighted by Gasteiger charge is 2.56. The van der Waals surface area contributed by atoms with Crippen LogP contribution in [-0.4, -0.2) is 68.8 Å². The number of aromatic hydroxyl groups is 1. The van der Waals surface area contributed by atoms with Gasteiger partial charge in [-0.15, -0.1) is 0 Å². The maximum absolute atomic E-state index is 14.2. The van der Waals surface area contributed by atoms with E-state index in [-0.39, 0.29) is 30.2 Å². The van der Waals surface area contributed by atoms with Crippen LogP contribution >= 0.6 is 11.6 Å². The standard InChI is InChI=1S/C41H47ClN2O5/c1-2-9-31-23-34-39(41(49)44(40(34)48)32-18-20-43(21-19-32)25-27-10-5-3-6-11-27)35(26-45)38(31)37(47)17-15-29(28-12-7-4-8-13-28)22-30-14-16-33(46)24-36(30)42/h3-8,10-14,16,22,24,32,34-35,37,39,45-47H,2,9,15,17-21,23,25-26H2,1H3/b29-22-/t34-,35+,37-,39-/m1/s1. The molecule has 0 aromatic heterocycles. The molecule has 6 rings (SSSR count). The number of rotatable bonds is 12. The fourth-order valence-corrected chi connectivity index (χ4v) is 8.51. The highest BCUT2D eigenvalue weighted by atomic mass is 35.5. The summed E-state index contributed by atoms with van der Waals surface area (Å²) in [6.45, 7) is 4.25. The van der Waals surface area contributed by atoms with Gasteiger partial charge in [0.1, 0.15) is 5.75 Å². The minimum absolute atomic E-state index is 0.0897. The average molecular weight is 683 g/mol. The summed E-state index contributed by atoms with van der Waals surface area (Å²) >= 11 is 6.47. The molecule has 0 unspecified atom stereocenters. The zero-order valence-electron chi connectivity index (χ0n) is 28.2. The number of phenols is 1. The molecule has 7 nitrogen and oxygen atoms in total. The molecule has 49 heavy (non-hydrogen) atoms. The van der Waals surface area contributed by atoms with Crippen molar-refractivity contribution in [2.75, 3.05) is 19.7 Å². The minimum Gasteiger partial charge on any atom is -0.508 e. The van der Waals surface area contributed by atoms with Crippen LogP contribution in [0.1, 0.15) is 68.6 Å². The molecule has 4 atom stereocenters. The van der Waals surface area contributed by atoms with Crippen LogP contribution in [0, 0.1) is 17.8 Å². The van der Waals surface area contributed by atoms with E-state index in [2.05, 4.69) is 24.0 Å². The predicted molar refractivity (Wildman–Crippen MR) is 193 cm³/mol. The summed E-state index contributed by atoms with van der Waals surface area (Å²) in [6, 6.07) is 25.0. The number of carbonyl (C=O) groups is 2. The fourth-order valence-electron chi connectivity index (χ4n) is 8.28. The molecular formula is C41H47ClN2O5. The summed E-state index contributed by atoms with van der Waals surface area (Å²) in [5.74, 6) is -1.98. The highest BCUT2D eigenvalue weighted by molar-refractivity contribution is 6.32. The molecule has 3 aromatic rings. The molecule has 258 valence electrons. The second-order valence-electron chi connectivity index (χ2n) is 13.8. The summed E-state index contributed by atoms with van der Waals surface area (Å²) in [5.41, 5.74) is 5.71. The Morgan fingerprint density at radius 1 is 0.980 bits per heavy atom. The Balaban J connectivity index is 1.20. The van der Waals surface area contributed by atoms with E-state index in [0.29, 0.717) is 30.7 Å². The van der Waals surface area contributed by atoms with E-state index < -0.39 is 23.9 Å². The first-order valence-corrected chi connectivity index (χ1v) is 18.0. The molecule has 0 radical (unpaired) electrons. The first kappa shape index (κ1) is 35.1. The molecule has 3 N–H and O–H groups in total. The Morgan fingerprint density at radius 3 is 2.33 bits per heavy atom. The molecule has 8 heteroatoms. The smallest absolute Gasteiger partial charge is 0.234 e. The Morgan fingerprint density at radius 2 is 1.67 bits per heavy atom. The van der Waals surface area contributed by atoms with E-state index >= 15 is 0 Å². The van der Waals surface area contributed by atoms with Gasteiger partial charge in [0.25, 0.3) is 0 Å². The number of carbonyl (C=O) groups excluding carboxylic acids is 2. The third-order valence-electron chi connectivity index (χ3n) is 10.6. The lowest BCUT2D eigenvalue weighted by Gasteiger charge is -2.37. The summed E-state index contributed by atoms with van der Waals surface area (Å²) in [6.07, 6.45) is 5.43. The molecule has 1 aliphatic carbocycles. The minimum atomic E-state index is -0.889. The average Bonchev–Trinajstić information content (AvgIpc) is 3.36. The monoisotopic (exact) mass is 682 g/mol. The Kier molecular flexibility index (Phi) is 11.4. The van der Waals surface area contributed by atoms with E-state index in [1.54, 1.807) is 12.1 Å². The van der Waals surface area contributed by atoms with Gasteiger partial charge in [0.2, 0.25) is 11.8 Å². The SMILES string of the molecule is CCCC1=C([C@H](O)CC/C(=C/c2ccc(O)cc2Cl)c2ccccc2)[C@H](CO)[C@@H]2C(=O)N(C3CCN(Cc4ccccc4)CC3)C(=O)[C@@H]2C1. The maximum atomic E-state index is 14.2. The van der Waals surface area contributed by atoms with Crippen molar-refractivity contribution in [3.8, 4) is 5.75 Å². The zero-order valence-corrected chi connectivity index (χ0v) is 28.9. The van der Waals surface area contributed by atoms with Crippen LogP contribution in [0.15, 0.2) is 90.0 Å². The first-order chi connectivity index (χ1) is 23.8. The number of fused-ring (bicyclic) bond motifs is 1. The number of hydrogen-bond acceptors (Lipinski definition) is 6. The number of amides is 2. The van der Waals surface area contributed by atoms with E-state index in [1.807, 2.05) is 54.6 Å². The van der Waals surface area contributed by atoms with E-state index in [4.69, 9.17) is 11.6 Å². The van der Waals surface area contributed by atoms with Gasteiger partial charge in [0.15, 0.2) is 0 Å². The van der Waals surface area contributed by atoms with Gasteiger partial charge in [-0.1, -0.05) is 91.2 Å². The number of benzene rings is 3. The molecule has 0 bridgehead atoms. The number of halogens is 1. The number of hydrogen-bond donors (Lipinski definition) is 3. The lowest BCUT2D eigenvalue weighted by molar-refractivity contribution is -0.144. The lowest BCUT2D eigenvalue weighted by atomic mass is 9.67. The molecule has 2 aliphatic heterocycles. The number of allylic oxidation sites excluding steroid dienone is 2. The first-order valence-electron chi connectivity index (χ1n) is 17.7. The topological polar surface area (TPSA) is 101 Å². The quantitative estimate of drug-likeness (QED) is 0.107. The van der Waals surface area contributed by atoms with Crippen molar-refractivity contribution in [3.05, 3.63) is 112 Å². The highest BCUT2D eigenvalue weighted by Crippen LogP contribution is 2.48. The summed E-state index contributed by atoms with van der Waals surface area (Å²) < 4.78 is 0. The lowest BCUT2D eigenvalue weighted by Crippen LogP contribution is -2.47. The van der Waals surface area contributed by atoms with E-state index in [1.165, 1.54) is 16.5 Å². The second-order valence-corrected chi connectivity index (χ2v) is 14.2. The van der Waals surface area contributed by atoms with Gasteiger partial charge >= 0.3 is 0 Å². The molecular weight excluding hydrogens is 636 g/mol. The van der Waals surface area contributed by atoms with Crippen LogP contribution in [0.25, 0.3) is 11.6 Å². The maximum Gasteiger partial charge on any atom is 0.234 e. The van der Waals surface area contributed by atoms with Gasteiger partial charge in [-0.3, -0.25) is 19.4 Å². The van der Waals surface area contributed by atoms with Gasteiger partial charge < -0.3 is 15.3 Å². The molecule has 3 aromatic carbocycles. The van der Waals surface area contributed by atoms with Crippen molar-refractivity contribution < 1.29 is 24.9 Å². The molecule has 2 fully saturated rings. The zero-order chi connectivity index (χ0) is 34.5. The largest absolute Gasteiger partial charge is 0.508 e. The number of piperidine rings is 1. The summed E-state index contributed by atoms with van der Waals surface area (Å²) in [4.78, 5) is 32.1. The number of aliphatic hydroxyl groups excluding tert-OH is 2. The number of nitrogens with zero attached hydrogens (tertiary/aromatic N) is 2. The summed E-state index contributed by atoms with van der Waals surface area (Å²) in [7, 11) is 0. The normalized spacial score (nSPS) is 22.9. The van der Waals surface area contributed by atoms with Crippen molar-refractivity contribution in [1.29, 1.82) is 0 Å². The van der Waals surface area contributed by atoms with Crippen LogP contribution < -0.4 is 0 Å². The van der Waals surface area contributed by atoms with Crippen LogP contribution in [0.5, 0.6) is 5.75 Å². The molecule has 3 aliphatic rings. The molecule has 2 heterocycles. The van der Waals surface area contributed by atoms with Crippen molar-refractivity contribution in [2.24, 2.45) is 17.8 Å². The third kappa shape index (κ3) is 7.71. The van der Waals surface area contributed by atoms with Crippen LogP contribution in [0.4, 0.5) is 0 Å². The van der Waals surface area contributed by atoms with Gasteiger partial charge in [0.05, 0.1) is 29.6 Å². The Hall–Kier alpha value is -3.75. The van der Waals surface area contributed by atoms with E-state index in [9.17, 15) is 24.9 Å².